The summed E-state index contributed by atoms with van der Waals surface area (Å²) in [6.45, 7) is 5.13. The molecule has 0 bridgehead atoms. The van der Waals surface area contributed by atoms with Gasteiger partial charge < -0.3 is 10.9 Å². The highest BCUT2D eigenvalue weighted by molar-refractivity contribution is 7.87. The molecular formula is C10H22N4O3S. The predicted molar refractivity (Wildman–Crippen MR) is 69.5 cm³/mol. The number of hydrogen-bond donors (Lipinski definition) is 3. The molecule has 0 aliphatic carbocycles. The van der Waals surface area contributed by atoms with Crippen molar-refractivity contribution in [3.05, 3.63) is 0 Å². The van der Waals surface area contributed by atoms with E-state index in [0.717, 1.165) is 0 Å². The molecule has 0 spiro atoms. The first-order valence-electron chi connectivity index (χ1n) is 6.09. The van der Waals surface area contributed by atoms with Crippen LogP contribution < -0.4 is 10.5 Å². The summed E-state index contributed by atoms with van der Waals surface area (Å²) in [5.41, 5.74) is 5.52. The molecule has 1 aliphatic rings. The Kier molecular flexibility index (Phi) is 5.36. The molecule has 18 heavy (non-hydrogen) atoms. The maximum atomic E-state index is 11.9. The second-order valence-electron chi connectivity index (χ2n) is 4.95. The first-order valence-corrected chi connectivity index (χ1v) is 7.53. The summed E-state index contributed by atoms with van der Waals surface area (Å²) in [4.78, 5) is 0. The van der Waals surface area contributed by atoms with Crippen molar-refractivity contribution in [3.8, 4) is 0 Å². The number of hydrogen-bond acceptors (Lipinski definition) is 4. The van der Waals surface area contributed by atoms with E-state index in [9.17, 15) is 8.42 Å². The summed E-state index contributed by atoms with van der Waals surface area (Å²) in [7, 11) is -3.39. The maximum Gasteiger partial charge on any atom is 0.279 e. The molecule has 4 N–H and O–H groups in total. The minimum atomic E-state index is -3.39. The Labute approximate surface area is 108 Å². The van der Waals surface area contributed by atoms with Crippen LogP contribution in [0.25, 0.3) is 0 Å². The van der Waals surface area contributed by atoms with Crippen molar-refractivity contribution in [2.24, 2.45) is 22.7 Å². The molecule has 0 aromatic heterocycles. The quantitative estimate of drug-likeness (QED) is 0.283. The highest BCUT2D eigenvalue weighted by Crippen LogP contribution is 2.19. The number of nitrogens with one attached hydrogen (secondary N) is 1. The van der Waals surface area contributed by atoms with Gasteiger partial charge in [-0.25, -0.2) is 4.72 Å². The summed E-state index contributed by atoms with van der Waals surface area (Å²) in [6.07, 6.45) is 1.16. The Morgan fingerprint density at radius 3 is 2.50 bits per heavy atom. The third-order valence-electron chi connectivity index (χ3n) is 3.00. The molecule has 7 nitrogen and oxygen atoms in total. The van der Waals surface area contributed by atoms with Gasteiger partial charge in [0, 0.05) is 25.6 Å². The van der Waals surface area contributed by atoms with Gasteiger partial charge >= 0.3 is 0 Å². The number of nitrogens with zero attached hydrogens (tertiary/aromatic N) is 2. The lowest BCUT2D eigenvalue weighted by Crippen LogP contribution is -2.47. The molecule has 1 heterocycles. The zero-order valence-corrected chi connectivity index (χ0v) is 11.7. The van der Waals surface area contributed by atoms with E-state index >= 15 is 0 Å². The van der Waals surface area contributed by atoms with E-state index in [-0.39, 0.29) is 17.7 Å². The lowest BCUT2D eigenvalue weighted by atomic mass is 9.97. The predicted octanol–water partition coefficient (Wildman–Crippen LogP) is -0.0648. The SMILES string of the molecule is CC(C)CNS(=O)(=O)N1CCC(C(N)=NO)CC1. The lowest BCUT2D eigenvalue weighted by molar-refractivity contribution is 0.289. The monoisotopic (exact) mass is 278 g/mol. The van der Waals surface area contributed by atoms with Crippen molar-refractivity contribution >= 4 is 16.0 Å². The Bertz CT molecular complexity index is 386. The first-order chi connectivity index (χ1) is 8.36. The molecule has 1 fully saturated rings. The first kappa shape index (κ1) is 15.2. The number of piperidine rings is 1. The van der Waals surface area contributed by atoms with Gasteiger partial charge in [0.15, 0.2) is 0 Å². The van der Waals surface area contributed by atoms with Gasteiger partial charge in [-0.1, -0.05) is 19.0 Å². The third-order valence-corrected chi connectivity index (χ3v) is 4.58. The minimum Gasteiger partial charge on any atom is -0.409 e. The van der Waals surface area contributed by atoms with Crippen LogP contribution >= 0.6 is 0 Å². The third kappa shape index (κ3) is 4.11. The van der Waals surface area contributed by atoms with Crippen LogP contribution in [0, 0.1) is 11.8 Å². The number of amidine groups is 1. The van der Waals surface area contributed by atoms with E-state index in [2.05, 4.69) is 9.88 Å². The van der Waals surface area contributed by atoms with Crippen LogP contribution in [0.15, 0.2) is 5.16 Å². The van der Waals surface area contributed by atoms with Gasteiger partial charge in [-0.3, -0.25) is 0 Å². The fraction of sp³-hybridized carbons (Fsp3) is 0.900. The molecule has 0 saturated carbocycles. The normalized spacial score (nSPS) is 20.5. The van der Waals surface area contributed by atoms with Crippen molar-refractivity contribution in [2.75, 3.05) is 19.6 Å². The Morgan fingerprint density at radius 1 is 1.50 bits per heavy atom. The van der Waals surface area contributed by atoms with Crippen LogP contribution in [0.3, 0.4) is 0 Å². The smallest absolute Gasteiger partial charge is 0.279 e. The molecule has 0 unspecified atom stereocenters. The van der Waals surface area contributed by atoms with Crippen molar-refractivity contribution in [1.29, 1.82) is 0 Å². The second-order valence-corrected chi connectivity index (χ2v) is 6.70. The van der Waals surface area contributed by atoms with Crippen molar-refractivity contribution < 1.29 is 13.6 Å². The van der Waals surface area contributed by atoms with Crippen LogP contribution in [-0.4, -0.2) is 43.4 Å². The fourth-order valence-electron chi connectivity index (χ4n) is 1.84. The van der Waals surface area contributed by atoms with Gasteiger partial charge in [-0.15, -0.1) is 0 Å². The zero-order chi connectivity index (χ0) is 13.8. The Hall–Kier alpha value is -0.860. The van der Waals surface area contributed by atoms with E-state index in [1.54, 1.807) is 0 Å². The van der Waals surface area contributed by atoms with Crippen molar-refractivity contribution in [2.45, 2.75) is 26.7 Å². The van der Waals surface area contributed by atoms with Crippen LogP contribution in [-0.2, 0) is 10.2 Å². The van der Waals surface area contributed by atoms with Gasteiger partial charge in [-0.05, 0) is 18.8 Å². The lowest BCUT2D eigenvalue weighted by Gasteiger charge is -2.30. The zero-order valence-electron chi connectivity index (χ0n) is 10.8. The average Bonchev–Trinajstić information content (AvgIpc) is 2.36. The molecule has 0 atom stereocenters. The molecule has 0 radical (unpaired) electrons. The summed E-state index contributed by atoms with van der Waals surface area (Å²) in [6, 6.07) is 0. The summed E-state index contributed by atoms with van der Waals surface area (Å²) >= 11 is 0. The highest BCUT2D eigenvalue weighted by Gasteiger charge is 2.29. The van der Waals surface area contributed by atoms with Gasteiger partial charge in [0.25, 0.3) is 10.2 Å². The Balaban J connectivity index is 2.52. The van der Waals surface area contributed by atoms with Gasteiger partial charge in [0.1, 0.15) is 5.84 Å². The maximum absolute atomic E-state index is 11.9. The molecule has 0 amide bonds. The van der Waals surface area contributed by atoms with Crippen molar-refractivity contribution in [1.82, 2.24) is 9.03 Å². The molecule has 106 valence electrons. The van der Waals surface area contributed by atoms with Crippen LogP contribution in [0.4, 0.5) is 0 Å². The Morgan fingerprint density at radius 2 is 2.06 bits per heavy atom. The molecule has 1 rings (SSSR count). The minimum absolute atomic E-state index is 0.0356. The van der Waals surface area contributed by atoms with Gasteiger partial charge in [-0.2, -0.15) is 12.7 Å². The van der Waals surface area contributed by atoms with Crippen LogP contribution in [0.1, 0.15) is 26.7 Å². The van der Waals surface area contributed by atoms with E-state index in [4.69, 9.17) is 10.9 Å². The molecule has 0 aromatic carbocycles. The van der Waals surface area contributed by atoms with E-state index in [1.165, 1.54) is 4.31 Å². The summed E-state index contributed by atoms with van der Waals surface area (Å²) < 4.78 is 27.9. The largest absolute Gasteiger partial charge is 0.409 e. The van der Waals surface area contributed by atoms with Crippen LogP contribution in [0.2, 0.25) is 0 Å². The standard InChI is InChI=1S/C10H22N4O3S/c1-8(2)7-12-18(16,17)14-5-3-9(4-6-14)10(11)13-15/h8-9,12,15H,3-7H2,1-2H3,(H2,11,13). The molecule has 1 aliphatic heterocycles. The van der Waals surface area contributed by atoms with E-state index in [1.807, 2.05) is 13.8 Å². The second kappa shape index (κ2) is 6.35. The number of rotatable bonds is 5. The number of oxime groups is 1. The van der Waals surface area contributed by atoms with E-state index in [0.29, 0.717) is 32.5 Å². The summed E-state index contributed by atoms with van der Waals surface area (Å²) in [5.74, 6) is 0.420. The average molecular weight is 278 g/mol. The molecular weight excluding hydrogens is 256 g/mol. The number of nitrogens with two attached hydrogens (primary N) is 1. The molecule has 1 saturated heterocycles. The molecule has 0 aromatic rings. The van der Waals surface area contributed by atoms with Gasteiger partial charge in [0.2, 0.25) is 0 Å². The van der Waals surface area contributed by atoms with Crippen LogP contribution in [0.5, 0.6) is 0 Å². The van der Waals surface area contributed by atoms with Gasteiger partial charge in [0.05, 0.1) is 0 Å². The summed E-state index contributed by atoms with van der Waals surface area (Å²) in [5, 5.41) is 11.5. The highest BCUT2D eigenvalue weighted by atomic mass is 32.2. The van der Waals surface area contributed by atoms with Crippen molar-refractivity contribution in [3.63, 3.8) is 0 Å². The van der Waals surface area contributed by atoms with E-state index < -0.39 is 10.2 Å². The fourth-order valence-corrected chi connectivity index (χ4v) is 3.25. The topological polar surface area (TPSA) is 108 Å². The molecule has 8 heteroatoms.